The number of likely N-dealkylation sites (tertiary alicyclic amines) is 1. The molecule has 3 nitrogen and oxygen atoms in total. The van der Waals surface area contributed by atoms with E-state index in [9.17, 15) is 9.90 Å². The summed E-state index contributed by atoms with van der Waals surface area (Å²) in [6.45, 7) is 2.70. The number of rotatable bonds is 3. The molecule has 1 fully saturated rings. The molecule has 0 spiro atoms. The molecular weight excluding hydrogens is 262 g/mol. The molecule has 1 aromatic rings. The van der Waals surface area contributed by atoms with E-state index in [0.717, 1.165) is 30.5 Å². The highest BCUT2D eigenvalue weighted by atomic mass is 35.5. The van der Waals surface area contributed by atoms with Crippen molar-refractivity contribution in [3.05, 3.63) is 40.4 Å². The van der Waals surface area contributed by atoms with Crippen molar-refractivity contribution in [3.8, 4) is 0 Å². The Hall–Kier alpha value is -1.32. The van der Waals surface area contributed by atoms with E-state index in [0.29, 0.717) is 5.02 Å². The average molecular weight is 280 g/mol. The van der Waals surface area contributed by atoms with Crippen LogP contribution in [0, 0.1) is 6.92 Å². The average Bonchev–Trinajstić information content (AvgIpc) is 2.88. The third kappa shape index (κ3) is 3.37. The minimum atomic E-state index is -0.0479. The van der Waals surface area contributed by atoms with E-state index in [2.05, 4.69) is 0 Å². The van der Waals surface area contributed by atoms with Crippen molar-refractivity contribution in [2.45, 2.75) is 25.8 Å². The van der Waals surface area contributed by atoms with Gasteiger partial charge in [0.15, 0.2) is 0 Å². The zero-order valence-electron chi connectivity index (χ0n) is 11.0. The molecule has 4 heteroatoms. The smallest absolute Gasteiger partial charge is 0.246 e. The highest BCUT2D eigenvalue weighted by Gasteiger charge is 2.26. The Bertz CT molecular complexity index is 499. The molecular formula is C15H18ClNO2. The molecule has 1 aliphatic rings. The predicted octanol–water partition coefficient (Wildman–Crippen LogP) is 2.64. The Morgan fingerprint density at radius 2 is 2.37 bits per heavy atom. The molecule has 1 aromatic carbocycles. The number of halogens is 1. The van der Waals surface area contributed by atoms with Gasteiger partial charge in [0.05, 0.1) is 12.6 Å². The second-order valence-electron chi connectivity index (χ2n) is 4.85. The van der Waals surface area contributed by atoms with Crippen LogP contribution in [0.15, 0.2) is 24.3 Å². The number of nitrogens with zero attached hydrogens (tertiary/aromatic N) is 1. The highest BCUT2D eigenvalue weighted by molar-refractivity contribution is 6.31. The van der Waals surface area contributed by atoms with E-state index in [1.54, 1.807) is 17.1 Å². The van der Waals surface area contributed by atoms with Gasteiger partial charge in [-0.15, -0.1) is 0 Å². The molecule has 0 aromatic heterocycles. The summed E-state index contributed by atoms with van der Waals surface area (Å²) in [6, 6.07) is 5.67. The van der Waals surface area contributed by atoms with E-state index < -0.39 is 0 Å². The first-order valence-electron chi connectivity index (χ1n) is 6.47. The molecule has 0 saturated carbocycles. The van der Waals surface area contributed by atoms with Crippen LogP contribution in [-0.4, -0.2) is 35.1 Å². The van der Waals surface area contributed by atoms with Crippen molar-refractivity contribution in [3.63, 3.8) is 0 Å². The van der Waals surface area contributed by atoms with E-state index in [1.807, 2.05) is 25.1 Å². The zero-order valence-corrected chi connectivity index (χ0v) is 11.7. The summed E-state index contributed by atoms with van der Waals surface area (Å²) in [6.07, 6.45) is 5.16. The van der Waals surface area contributed by atoms with Crippen molar-refractivity contribution < 1.29 is 9.90 Å². The van der Waals surface area contributed by atoms with Gasteiger partial charge in [0.1, 0.15) is 0 Å². The van der Waals surface area contributed by atoms with Crippen LogP contribution in [0.3, 0.4) is 0 Å². The van der Waals surface area contributed by atoms with E-state index in [4.69, 9.17) is 11.6 Å². The molecule has 1 heterocycles. The van der Waals surface area contributed by atoms with Gasteiger partial charge in [-0.2, -0.15) is 0 Å². The molecule has 19 heavy (non-hydrogen) atoms. The van der Waals surface area contributed by atoms with E-state index >= 15 is 0 Å². The monoisotopic (exact) mass is 279 g/mol. The molecule has 1 aliphatic heterocycles. The summed E-state index contributed by atoms with van der Waals surface area (Å²) < 4.78 is 0. The number of aliphatic hydroxyl groups excluding tert-OH is 1. The van der Waals surface area contributed by atoms with Gasteiger partial charge < -0.3 is 10.0 Å². The second kappa shape index (κ2) is 6.22. The minimum Gasteiger partial charge on any atom is -0.394 e. The number of aryl methyl sites for hydroxylation is 1. The lowest BCUT2D eigenvalue weighted by molar-refractivity contribution is -0.127. The number of amides is 1. The maximum atomic E-state index is 12.0. The van der Waals surface area contributed by atoms with Crippen LogP contribution < -0.4 is 0 Å². The normalized spacial score (nSPS) is 19.3. The zero-order chi connectivity index (χ0) is 13.8. The van der Waals surface area contributed by atoms with Crippen LogP contribution in [0.2, 0.25) is 5.02 Å². The van der Waals surface area contributed by atoms with Crippen molar-refractivity contribution in [2.75, 3.05) is 13.2 Å². The lowest BCUT2D eigenvalue weighted by Gasteiger charge is -2.21. The first-order valence-corrected chi connectivity index (χ1v) is 6.85. The Morgan fingerprint density at radius 1 is 1.58 bits per heavy atom. The SMILES string of the molecule is Cc1ccc(C=CC(=O)N2CCC[C@H]2CO)cc1Cl. The topological polar surface area (TPSA) is 40.5 Å². The van der Waals surface area contributed by atoms with Gasteiger partial charge >= 0.3 is 0 Å². The van der Waals surface area contributed by atoms with Crippen LogP contribution in [0.4, 0.5) is 0 Å². The minimum absolute atomic E-state index is 0.0289. The maximum Gasteiger partial charge on any atom is 0.246 e. The number of carbonyl (C=O) groups is 1. The second-order valence-corrected chi connectivity index (χ2v) is 5.26. The molecule has 1 amide bonds. The van der Waals surface area contributed by atoms with Gasteiger partial charge in [-0.25, -0.2) is 0 Å². The van der Waals surface area contributed by atoms with Gasteiger partial charge in [-0.05, 0) is 43.0 Å². The quantitative estimate of drug-likeness (QED) is 0.864. The van der Waals surface area contributed by atoms with Gasteiger partial charge in [0.2, 0.25) is 5.91 Å². The Morgan fingerprint density at radius 3 is 3.05 bits per heavy atom. The Kier molecular flexibility index (Phi) is 4.61. The Labute approximate surface area is 118 Å². The number of hydrogen-bond acceptors (Lipinski definition) is 2. The number of hydrogen-bond donors (Lipinski definition) is 1. The largest absolute Gasteiger partial charge is 0.394 e. The van der Waals surface area contributed by atoms with Gasteiger partial charge in [-0.3, -0.25) is 4.79 Å². The van der Waals surface area contributed by atoms with Gasteiger partial charge in [0, 0.05) is 17.6 Å². The summed E-state index contributed by atoms with van der Waals surface area (Å²) in [5.41, 5.74) is 1.92. The van der Waals surface area contributed by atoms with Crippen molar-refractivity contribution in [1.29, 1.82) is 0 Å². The van der Waals surface area contributed by atoms with Crippen LogP contribution in [0.1, 0.15) is 24.0 Å². The molecule has 0 bridgehead atoms. The number of aliphatic hydroxyl groups is 1. The van der Waals surface area contributed by atoms with E-state index in [1.165, 1.54) is 0 Å². The van der Waals surface area contributed by atoms with Gasteiger partial charge in [-0.1, -0.05) is 23.7 Å². The summed E-state index contributed by atoms with van der Waals surface area (Å²) in [7, 11) is 0. The first kappa shape index (κ1) is 14.1. The summed E-state index contributed by atoms with van der Waals surface area (Å²) in [4.78, 5) is 13.8. The van der Waals surface area contributed by atoms with Crippen molar-refractivity contribution in [1.82, 2.24) is 4.90 Å². The fourth-order valence-electron chi connectivity index (χ4n) is 2.29. The number of carbonyl (C=O) groups excluding carboxylic acids is 1. The third-order valence-electron chi connectivity index (χ3n) is 3.49. The van der Waals surface area contributed by atoms with Crippen molar-refractivity contribution in [2.24, 2.45) is 0 Å². The molecule has 0 aliphatic carbocycles. The van der Waals surface area contributed by atoms with Gasteiger partial charge in [0.25, 0.3) is 0 Å². The summed E-state index contributed by atoms with van der Waals surface area (Å²) in [5.74, 6) is -0.0479. The predicted molar refractivity (Wildman–Crippen MR) is 77.0 cm³/mol. The fraction of sp³-hybridized carbons (Fsp3) is 0.400. The van der Waals surface area contributed by atoms with Crippen LogP contribution in [0.5, 0.6) is 0 Å². The Balaban J connectivity index is 2.05. The van der Waals surface area contributed by atoms with Crippen molar-refractivity contribution >= 4 is 23.6 Å². The molecule has 2 rings (SSSR count). The standard InChI is InChI=1S/C15H18ClNO2/c1-11-4-5-12(9-14(11)16)6-7-15(19)17-8-2-3-13(17)10-18/h4-7,9,13,18H,2-3,8,10H2,1H3/t13-/m0/s1. The molecule has 1 N–H and O–H groups in total. The first-order chi connectivity index (χ1) is 9.11. The van der Waals surface area contributed by atoms with Crippen LogP contribution in [-0.2, 0) is 4.79 Å². The third-order valence-corrected chi connectivity index (χ3v) is 3.89. The molecule has 1 saturated heterocycles. The molecule has 1 atom stereocenters. The molecule has 0 unspecified atom stereocenters. The summed E-state index contributed by atoms with van der Waals surface area (Å²) in [5, 5.41) is 9.90. The molecule has 102 valence electrons. The highest BCUT2D eigenvalue weighted by Crippen LogP contribution is 2.19. The van der Waals surface area contributed by atoms with Crippen LogP contribution in [0.25, 0.3) is 6.08 Å². The van der Waals surface area contributed by atoms with E-state index in [-0.39, 0.29) is 18.6 Å². The maximum absolute atomic E-state index is 12.0. The lowest BCUT2D eigenvalue weighted by atomic mass is 10.1. The lowest BCUT2D eigenvalue weighted by Crippen LogP contribution is -2.36. The fourth-order valence-corrected chi connectivity index (χ4v) is 2.48. The van der Waals surface area contributed by atoms with Crippen LogP contribution >= 0.6 is 11.6 Å². The summed E-state index contributed by atoms with van der Waals surface area (Å²) >= 11 is 6.04. The number of benzene rings is 1. The molecule has 0 radical (unpaired) electrons.